The maximum atomic E-state index is 5.99. The van der Waals surface area contributed by atoms with Crippen molar-refractivity contribution in [3.63, 3.8) is 0 Å². The molecular formula is C13H18ClNO. The van der Waals surface area contributed by atoms with E-state index in [1.807, 2.05) is 6.07 Å². The highest BCUT2D eigenvalue weighted by Crippen LogP contribution is 2.30. The summed E-state index contributed by atoms with van der Waals surface area (Å²) in [6.07, 6.45) is 8.36. The first-order chi connectivity index (χ1) is 7.79. The maximum absolute atomic E-state index is 5.99. The van der Waals surface area contributed by atoms with Gasteiger partial charge in [-0.05, 0) is 43.7 Å². The van der Waals surface area contributed by atoms with Gasteiger partial charge in [-0.25, -0.2) is 4.98 Å². The molecule has 2 rings (SSSR count). The minimum Gasteiger partial charge on any atom is -0.489 e. The molecular weight excluding hydrogens is 222 g/mol. The number of pyridine rings is 1. The molecule has 1 aliphatic carbocycles. The fourth-order valence-electron chi connectivity index (χ4n) is 2.40. The second kappa shape index (κ2) is 5.53. The Kier molecular flexibility index (Phi) is 4.05. The lowest BCUT2D eigenvalue weighted by atomic mass is 9.85. The maximum Gasteiger partial charge on any atom is 0.138 e. The van der Waals surface area contributed by atoms with Gasteiger partial charge in [0.2, 0.25) is 0 Å². The van der Waals surface area contributed by atoms with Gasteiger partial charge in [0.25, 0.3) is 0 Å². The highest BCUT2D eigenvalue weighted by atomic mass is 35.5. The molecule has 0 bridgehead atoms. The lowest BCUT2D eigenvalue weighted by molar-refractivity contribution is 0.0900. The van der Waals surface area contributed by atoms with Crippen molar-refractivity contribution in [2.75, 3.05) is 0 Å². The molecule has 2 nitrogen and oxygen atoms in total. The van der Waals surface area contributed by atoms with Crippen molar-refractivity contribution in [1.82, 2.24) is 4.98 Å². The van der Waals surface area contributed by atoms with Crippen LogP contribution in [0.5, 0.6) is 5.75 Å². The smallest absolute Gasteiger partial charge is 0.138 e. The molecule has 1 aromatic rings. The molecule has 0 N–H and O–H groups in total. The number of nitrogens with zero attached hydrogens (tertiary/aromatic N) is 1. The number of aromatic nitrogens is 1. The number of hydrogen-bond acceptors (Lipinski definition) is 2. The van der Waals surface area contributed by atoms with Crippen molar-refractivity contribution in [1.29, 1.82) is 0 Å². The van der Waals surface area contributed by atoms with E-state index in [0.29, 0.717) is 17.2 Å². The SMILES string of the molecule is CCC1CCCCC1Oc1ccc(Cl)nc1. The number of hydrogen-bond donors (Lipinski definition) is 0. The summed E-state index contributed by atoms with van der Waals surface area (Å²) in [6, 6.07) is 3.68. The highest BCUT2D eigenvalue weighted by molar-refractivity contribution is 6.29. The van der Waals surface area contributed by atoms with Crippen LogP contribution in [-0.2, 0) is 0 Å². The molecule has 1 aliphatic rings. The summed E-state index contributed by atoms with van der Waals surface area (Å²) in [4.78, 5) is 4.04. The van der Waals surface area contributed by atoms with Gasteiger partial charge in [-0.15, -0.1) is 0 Å². The van der Waals surface area contributed by atoms with Gasteiger partial charge in [0.1, 0.15) is 17.0 Å². The lowest BCUT2D eigenvalue weighted by Crippen LogP contribution is -2.29. The van der Waals surface area contributed by atoms with Gasteiger partial charge in [-0.2, -0.15) is 0 Å². The zero-order valence-corrected chi connectivity index (χ0v) is 10.4. The lowest BCUT2D eigenvalue weighted by Gasteiger charge is -2.31. The van der Waals surface area contributed by atoms with Crippen LogP contribution in [0.4, 0.5) is 0 Å². The van der Waals surface area contributed by atoms with Crippen LogP contribution in [0.25, 0.3) is 0 Å². The van der Waals surface area contributed by atoms with Crippen LogP contribution >= 0.6 is 11.6 Å². The first-order valence-corrected chi connectivity index (χ1v) is 6.45. The third-order valence-electron chi connectivity index (χ3n) is 3.35. The minimum atomic E-state index is 0.363. The first kappa shape index (κ1) is 11.7. The summed E-state index contributed by atoms with van der Waals surface area (Å²) >= 11 is 5.74. The van der Waals surface area contributed by atoms with E-state index >= 15 is 0 Å². The second-order valence-corrected chi connectivity index (χ2v) is 4.81. The van der Waals surface area contributed by atoms with Gasteiger partial charge < -0.3 is 4.74 Å². The summed E-state index contributed by atoms with van der Waals surface area (Å²) in [7, 11) is 0. The van der Waals surface area contributed by atoms with E-state index in [-0.39, 0.29) is 0 Å². The van der Waals surface area contributed by atoms with Crippen LogP contribution in [0.2, 0.25) is 5.15 Å². The minimum absolute atomic E-state index is 0.363. The van der Waals surface area contributed by atoms with Gasteiger partial charge in [0.05, 0.1) is 6.20 Å². The standard InChI is InChI=1S/C13H18ClNO/c1-2-10-5-3-4-6-12(10)16-11-7-8-13(14)15-9-11/h7-10,12H,2-6H2,1H3. The van der Waals surface area contributed by atoms with E-state index in [1.165, 1.54) is 32.1 Å². The van der Waals surface area contributed by atoms with Crippen molar-refractivity contribution in [3.05, 3.63) is 23.5 Å². The average Bonchev–Trinajstić information content (AvgIpc) is 2.33. The summed E-state index contributed by atoms with van der Waals surface area (Å²) < 4.78 is 5.99. The molecule has 0 amide bonds. The predicted octanol–water partition coefficient (Wildman–Crippen LogP) is 4.08. The topological polar surface area (TPSA) is 22.1 Å². The predicted molar refractivity (Wildman–Crippen MR) is 65.9 cm³/mol. The van der Waals surface area contributed by atoms with E-state index in [1.54, 1.807) is 12.3 Å². The molecule has 0 aromatic carbocycles. The fraction of sp³-hybridized carbons (Fsp3) is 0.615. The number of ether oxygens (including phenoxy) is 1. The fourth-order valence-corrected chi connectivity index (χ4v) is 2.51. The monoisotopic (exact) mass is 239 g/mol. The summed E-state index contributed by atoms with van der Waals surface area (Å²) in [5, 5.41) is 0.517. The van der Waals surface area contributed by atoms with E-state index in [9.17, 15) is 0 Å². The summed E-state index contributed by atoms with van der Waals surface area (Å²) in [5.74, 6) is 1.54. The van der Waals surface area contributed by atoms with Crippen LogP contribution < -0.4 is 4.74 Å². The molecule has 1 saturated carbocycles. The molecule has 2 unspecified atom stereocenters. The second-order valence-electron chi connectivity index (χ2n) is 4.43. The summed E-state index contributed by atoms with van der Waals surface area (Å²) in [5.41, 5.74) is 0. The van der Waals surface area contributed by atoms with Crippen molar-refractivity contribution in [2.45, 2.75) is 45.1 Å². The van der Waals surface area contributed by atoms with Crippen LogP contribution in [0.3, 0.4) is 0 Å². The van der Waals surface area contributed by atoms with E-state index in [0.717, 1.165) is 5.75 Å². The Morgan fingerprint density at radius 2 is 2.19 bits per heavy atom. The molecule has 1 fully saturated rings. The molecule has 88 valence electrons. The quantitative estimate of drug-likeness (QED) is 0.742. The Morgan fingerprint density at radius 3 is 2.88 bits per heavy atom. The van der Waals surface area contributed by atoms with Crippen molar-refractivity contribution >= 4 is 11.6 Å². The molecule has 16 heavy (non-hydrogen) atoms. The molecule has 0 saturated heterocycles. The Bertz CT molecular complexity index is 325. The first-order valence-electron chi connectivity index (χ1n) is 6.08. The molecule has 0 spiro atoms. The van der Waals surface area contributed by atoms with Gasteiger partial charge in [0.15, 0.2) is 0 Å². The molecule has 1 aromatic heterocycles. The molecule has 0 aliphatic heterocycles. The van der Waals surface area contributed by atoms with Gasteiger partial charge in [-0.1, -0.05) is 24.9 Å². The Balaban J connectivity index is 1.99. The molecule has 2 atom stereocenters. The molecule has 1 heterocycles. The zero-order chi connectivity index (χ0) is 11.4. The van der Waals surface area contributed by atoms with Crippen molar-refractivity contribution in [2.24, 2.45) is 5.92 Å². The van der Waals surface area contributed by atoms with Gasteiger partial charge in [-0.3, -0.25) is 0 Å². The Hall–Kier alpha value is -0.760. The summed E-state index contributed by atoms with van der Waals surface area (Å²) in [6.45, 7) is 2.24. The normalized spacial score (nSPS) is 25.4. The van der Waals surface area contributed by atoms with E-state index < -0.39 is 0 Å². The van der Waals surface area contributed by atoms with Crippen LogP contribution in [0.15, 0.2) is 18.3 Å². The van der Waals surface area contributed by atoms with Crippen LogP contribution in [0.1, 0.15) is 39.0 Å². The Labute approximate surface area is 102 Å². The largest absolute Gasteiger partial charge is 0.489 e. The third kappa shape index (κ3) is 2.88. The van der Waals surface area contributed by atoms with E-state index in [2.05, 4.69) is 11.9 Å². The van der Waals surface area contributed by atoms with Crippen molar-refractivity contribution in [3.8, 4) is 5.75 Å². The molecule has 0 radical (unpaired) electrons. The number of rotatable bonds is 3. The number of halogens is 1. The highest BCUT2D eigenvalue weighted by Gasteiger charge is 2.25. The average molecular weight is 240 g/mol. The van der Waals surface area contributed by atoms with E-state index in [4.69, 9.17) is 16.3 Å². The molecule has 3 heteroatoms. The zero-order valence-electron chi connectivity index (χ0n) is 9.66. The van der Waals surface area contributed by atoms with Gasteiger partial charge in [0, 0.05) is 0 Å². The van der Waals surface area contributed by atoms with Crippen LogP contribution in [-0.4, -0.2) is 11.1 Å². The third-order valence-corrected chi connectivity index (χ3v) is 3.58. The van der Waals surface area contributed by atoms with Gasteiger partial charge >= 0.3 is 0 Å². The Morgan fingerprint density at radius 1 is 1.38 bits per heavy atom. The van der Waals surface area contributed by atoms with Crippen molar-refractivity contribution < 1.29 is 4.74 Å². The van der Waals surface area contributed by atoms with Crippen LogP contribution in [0, 0.1) is 5.92 Å².